The number of aliphatic hydroxyl groups is 4. The van der Waals surface area contributed by atoms with Crippen molar-refractivity contribution >= 4 is 6.96 Å². The van der Waals surface area contributed by atoms with Gasteiger partial charge in [-0.15, -0.1) is 0 Å². The second-order valence-corrected chi connectivity index (χ2v) is 5.99. The number of fused-ring (bicyclic) bond motifs is 2. The molecule has 5 unspecified atom stereocenters. The summed E-state index contributed by atoms with van der Waals surface area (Å²) in [6.45, 7) is -0.897. The van der Waals surface area contributed by atoms with Crippen molar-refractivity contribution in [1.29, 1.82) is 0 Å². The van der Waals surface area contributed by atoms with E-state index in [4.69, 9.17) is 28.1 Å². The number of hydrogen-bond donors (Lipinski definition) is 4. The second kappa shape index (κ2) is 3.59. The molecule has 4 rings (SSSR count). The largest absolute Gasteiger partial charge is 0.539 e. The molecule has 0 amide bonds. The second-order valence-electron chi connectivity index (χ2n) is 5.99. The Morgan fingerprint density at radius 2 is 1.19 bits per heavy atom. The quantitative estimate of drug-likeness (QED) is 0.345. The first-order valence-electron chi connectivity index (χ1n) is 6.60. The molecule has 11 heteroatoms. The van der Waals surface area contributed by atoms with Crippen LogP contribution >= 0.6 is 0 Å². The molecule has 120 valence electrons. The van der Waals surface area contributed by atoms with Crippen LogP contribution in [-0.2, 0) is 28.1 Å². The van der Waals surface area contributed by atoms with Gasteiger partial charge in [0.1, 0.15) is 12.2 Å². The molecule has 21 heavy (non-hydrogen) atoms. The minimum Gasteiger partial charge on any atom is -0.489 e. The molecule has 0 aliphatic carbocycles. The van der Waals surface area contributed by atoms with Crippen LogP contribution in [0, 0.1) is 0 Å². The lowest BCUT2D eigenvalue weighted by atomic mass is 10.1. The molecule has 0 aromatic rings. The molecule has 4 heterocycles. The highest BCUT2D eigenvalue weighted by atomic mass is 17.0. The maximum Gasteiger partial charge on any atom is 0.539 e. The monoisotopic (exact) mass is 307 g/mol. The highest BCUT2D eigenvalue weighted by Gasteiger charge is 2.77. The number of rotatable bonds is 0. The van der Waals surface area contributed by atoms with Crippen LogP contribution in [0.15, 0.2) is 0 Å². The van der Waals surface area contributed by atoms with Gasteiger partial charge in [0.15, 0.2) is 11.6 Å². The highest BCUT2D eigenvalue weighted by Crippen LogP contribution is 2.56. The third-order valence-electron chi connectivity index (χ3n) is 4.62. The van der Waals surface area contributed by atoms with Gasteiger partial charge >= 0.3 is 6.96 Å². The summed E-state index contributed by atoms with van der Waals surface area (Å²) < 4.78 is 31.8. The van der Waals surface area contributed by atoms with E-state index < -0.39 is 42.3 Å². The van der Waals surface area contributed by atoms with Crippen molar-refractivity contribution in [2.75, 3.05) is 13.2 Å². The topological polar surface area (TPSA) is 136 Å². The summed E-state index contributed by atoms with van der Waals surface area (Å²) >= 11 is 0. The Morgan fingerprint density at radius 1 is 0.810 bits per heavy atom. The summed E-state index contributed by atoms with van der Waals surface area (Å²) in [5.74, 6) is -7.96. The minimum absolute atomic E-state index is 0.209. The Balaban J connectivity index is 1.71. The summed E-state index contributed by atoms with van der Waals surface area (Å²) in [6.07, 6.45) is -2.80. The fourth-order valence-electron chi connectivity index (χ4n) is 3.26. The van der Waals surface area contributed by atoms with Gasteiger partial charge in [-0.25, -0.2) is 0 Å². The summed E-state index contributed by atoms with van der Waals surface area (Å²) in [5, 5.41) is 40.5. The fraction of sp³-hybridized carbons (Fsp3) is 1.00. The molecular weight excluding hydrogens is 291 g/mol. The molecule has 1 spiro atoms. The molecule has 7 atom stereocenters. The van der Waals surface area contributed by atoms with Crippen LogP contribution < -0.4 is 0 Å². The molecule has 0 radical (unpaired) electrons. The summed E-state index contributed by atoms with van der Waals surface area (Å²) in [6, 6.07) is 0. The van der Waals surface area contributed by atoms with Crippen LogP contribution in [0.25, 0.3) is 0 Å². The average molecular weight is 307 g/mol. The zero-order valence-electron chi connectivity index (χ0n) is 11.4. The highest BCUT2D eigenvalue weighted by molar-refractivity contribution is 6.55. The average Bonchev–Trinajstić information content (AvgIpc) is 2.89. The van der Waals surface area contributed by atoms with Gasteiger partial charge in [0.05, 0.1) is 13.2 Å². The summed E-state index contributed by atoms with van der Waals surface area (Å²) in [7, 11) is 0. The predicted octanol–water partition coefficient (Wildman–Crippen LogP) is -2.89. The smallest absolute Gasteiger partial charge is 0.489 e. The predicted molar refractivity (Wildman–Crippen MR) is 60.7 cm³/mol. The van der Waals surface area contributed by atoms with Crippen LogP contribution in [0.5, 0.6) is 0 Å². The van der Waals surface area contributed by atoms with Gasteiger partial charge in [0.25, 0.3) is 0 Å². The Hall–Kier alpha value is -0.335. The van der Waals surface area contributed by atoms with Crippen molar-refractivity contribution in [1.82, 2.24) is 0 Å². The van der Waals surface area contributed by atoms with E-state index in [9.17, 15) is 20.4 Å². The molecule has 4 fully saturated rings. The van der Waals surface area contributed by atoms with Gasteiger partial charge in [-0.2, -0.15) is 0 Å². The van der Waals surface area contributed by atoms with E-state index in [1.807, 2.05) is 0 Å². The van der Waals surface area contributed by atoms with Crippen LogP contribution in [0.4, 0.5) is 0 Å². The van der Waals surface area contributed by atoms with Gasteiger partial charge in [0.2, 0.25) is 11.6 Å². The Bertz CT molecular complexity index is 460. The maximum atomic E-state index is 10.4. The van der Waals surface area contributed by atoms with Crippen LogP contribution in [0.2, 0.25) is 0 Å². The van der Waals surface area contributed by atoms with E-state index in [0.29, 0.717) is 0 Å². The van der Waals surface area contributed by atoms with Crippen LogP contribution in [0.3, 0.4) is 0 Å². The lowest BCUT2D eigenvalue weighted by Crippen LogP contribution is -2.53. The van der Waals surface area contributed by atoms with Crippen molar-refractivity contribution in [3.8, 4) is 0 Å². The van der Waals surface area contributed by atoms with Gasteiger partial charge in [0, 0.05) is 0 Å². The van der Waals surface area contributed by atoms with Crippen LogP contribution in [-0.4, -0.2) is 76.0 Å². The molecule has 4 saturated heterocycles. The zero-order chi connectivity index (χ0) is 15.3. The minimum atomic E-state index is -3.16. The van der Waals surface area contributed by atoms with Crippen molar-refractivity contribution < 1.29 is 48.5 Å². The molecule has 0 aromatic heterocycles. The van der Waals surface area contributed by atoms with E-state index in [1.165, 1.54) is 13.8 Å². The van der Waals surface area contributed by atoms with Crippen molar-refractivity contribution in [3.05, 3.63) is 0 Å². The van der Waals surface area contributed by atoms with E-state index in [-0.39, 0.29) is 13.2 Å². The van der Waals surface area contributed by atoms with Gasteiger partial charge < -0.3 is 48.5 Å². The first-order chi connectivity index (χ1) is 9.58. The third kappa shape index (κ3) is 1.42. The normalized spacial score (nSPS) is 66.0. The van der Waals surface area contributed by atoms with Crippen LogP contribution in [0.1, 0.15) is 13.8 Å². The number of ether oxygens (including phenoxy) is 2. The molecule has 4 N–H and O–H groups in total. The lowest BCUT2D eigenvalue weighted by Gasteiger charge is -2.34. The SMILES string of the molecule is CC12OC[C@@H](O)C1(O)O[B-]1(O2)OC2(C)OC[C@H](O)C2(O)O1. The number of hydrogen-bond acceptors (Lipinski definition) is 10. The zero-order valence-corrected chi connectivity index (χ0v) is 11.4. The Kier molecular flexibility index (Phi) is 2.44. The first-order valence-corrected chi connectivity index (χ1v) is 6.60. The van der Waals surface area contributed by atoms with E-state index >= 15 is 0 Å². The van der Waals surface area contributed by atoms with Crippen molar-refractivity contribution in [2.24, 2.45) is 0 Å². The van der Waals surface area contributed by atoms with E-state index in [2.05, 4.69) is 0 Å². The number of aliphatic hydroxyl groups excluding tert-OH is 2. The van der Waals surface area contributed by atoms with E-state index in [1.54, 1.807) is 0 Å². The van der Waals surface area contributed by atoms with E-state index in [0.717, 1.165) is 0 Å². The first kappa shape index (κ1) is 14.3. The van der Waals surface area contributed by atoms with Gasteiger partial charge in [-0.3, -0.25) is 0 Å². The fourth-order valence-corrected chi connectivity index (χ4v) is 3.26. The molecule has 0 aromatic carbocycles. The molecular formula is C10H16BO10-. The standard InChI is InChI=1S/C10H16BO10/c1-7-9(14,5(12)3-16-7)20-11(18-7)19-8(2)10(15,21-11)6(13)4-17-8/h5-6,12-15H,3-4H2,1-2H3/q-1/t5-,6+,7?,8?,9?,10?,11?. The lowest BCUT2D eigenvalue weighted by molar-refractivity contribution is -0.271. The Morgan fingerprint density at radius 3 is 1.52 bits per heavy atom. The Labute approximate surface area is 119 Å². The maximum absolute atomic E-state index is 10.4. The molecule has 10 nitrogen and oxygen atoms in total. The summed E-state index contributed by atoms with van der Waals surface area (Å²) in [5.41, 5.74) is 0. The summed E-state index contributed by atoms with van der Waals surface area (Å²) in [4.78, 5) is 0. The van der Waals surface area contributed by atoms with Gasteiger partial charge in [-0.05, 0) is 13.8 Å². The van der Waals surface area contributed by atoms with Crippen molar-refractivity contribution in [2.45, 2.75) is 49.2 Å². The molecule has 4 aliphatic heterocycles. The molecule has 0 saturated carbocycles. The van der Waals surface area contributed by atoms with Crippen molar-refractivity contribution in [3.63, 3.8) is 0 Å². The third-order valence-corrected chi connectivity index (χ3v) is 4.62. The molecule has 0 bridgehead atoms. The molecule has 4 aliphatic rings. The van der Waals surface area contributed by atoms with Gasteiger partial charge in [-0.1, -0.05) is 0 Å².